The van der Waals surface area contributed by atoms with Crippen LogP contribution >= 0.6 is 0 Å². The fourth-order valence-electron chi connectivity index (χ4n) is 3.44. The van der Waals surface area contributed by atoms with Crippen molar-refractivity contribution in [2.24, 2.45) is 0 Å². The predicted octanol–water partition coefficient (Wildman–Crippen LogP) is 5.14. The Labute approximate surface area is 188 Å². The molecular formula is C26H18N4O3. The van der Waals surface area contributed by atoms with E-state index < -0.39 is 0 Å². The summed E-state index contributed by atoms with van der Waals surface area (Å²) in [7, 11) is 0. The van der Waals surface area contributed by atoms with Crippen molar-refractivity contribution < 1.29 is 14.1 Å². The van der Waals surface area contributed by atoms with Gasteiger partial charge in [-0.25, -0.2) is 4.68 Å². The van der Waals surface area contributed by atoms with E-state index in [0.717, 1.165) is 16.5 Å². The average Bonchev–Trinajstić information content (AvgIpc) is 3.53. The van der Waals surface area contributed by atoms with Gasteiger partial charge in [0.15, 0.2) is 5.78 Å². The Bertz CT molecular complexity index is 1470. The van der Waals surface area contributed by atoms with Gasteiger partial charge in [-0.15, -0.1) is 0 Å². The molecule has 0 saturated carbocycles. The molecule has 0 radical (unpaired) electrons. The Morgan fingerprint density at radius 2 is 1.73 bits per heavy atom. The van der Waals surface area contributed by atoms with Gasteiger partial charge in [0.05, 0.1) is 23.5 Å². The fraction of sp³-hybridized carbons (Fsp3) is 0. The van der Waals surface area contributed by atoms with Crippen molar-refractivity contribution in [3.8, 4) is 0 Å². The molecule has 0 aliphatic rings. The van der Waals surface area contributed by atoms with Crippen molar-refractivity contribution in [3.63, 3.8) is 0 Å². The SMILES string of the molecule is O=C(Nc1cccc(C(=O)c2ccc3cnn(C=Cc4ccccc4)c3c2)c1)c1cnoc1. The summed E-state index contributed by atoms with van der Waals surface area (Å²) < 4.78 is 6.44. The minimum absolute atomic E-state index is 0.155. The van der Waals surface area contributed by atoms with Crippen LogP contribution in [-0.4, -0.2) is 26.6 Å². The van der Waals surface area contributed by atoms with Crippen molar-refractivity contribution >= 4 is 40.6 Å². The van der Waals surface area contributed by atoms with Crippen molar-refractivity contribution in [2.75, 3.05) is 5.32 Å². The number of rotatable bonds is 6. The molecule has 5 rings (SSSR count). The van der Waals surface area contributed by atoms with Crippen molar-refractivity contribution in [1.82, 2.24) is 14.9 Å². The van der Waals surface area contributed by atoms with E-state index in [9.17, 15) is 9.59 Å². The molecule has 0 bridgehead atoms. The lowest BCUT2D eigenvalue weighted by Gasteiger charge is -2.07. The third kappa shape index (κ3) is 4.33. The van der Waals surface area contributed by atoms with Gasteiger partial charge in [0.1, 0.15) is 6.26 Å². The van der Waals surface area contributed by atoms with Gasteiger partial charge in [-0.1, -0.05) is 59.8 Å². The smallest absolute Gasteiger partial charge is 0.260 e. The molecule has 0 spiro atoms. The third-order valence-electron chi connectivity index (χ3n) is 5.15. The summed E-state index contributed by atoms with van der Waals surface area (Å²) in [6.07, 6.45) is 8.18. The van der Waals surface area contributed by atoms with Gasteiger partial charge in [0.25, 0.3) is 5.91 Å². The Kier molecular flexibility index (Phi) is 5.35. The number of nitrogens with one attached hydrogen (secondary N) is 1. The maximum absolute atomic E-state index is 13.2. The molecule has 0 saturated heterocycles. The van der Waals surface area contributed by atoms with Gasteiger partial charge in [-0.3, -0.25) is 9.59 Å². The van der Waals surface area contributed by atoms with E-state index in [1.54, 1.807) is 41.2 Å². The first-order valence-corrected chi connectivity index (χ1v) is 10.2. The second-order valence-electron chi connectivity index (χ2n) is 7.37. The first-order valence-electron chi connectivity index (χ1n) is 10.2. The summed E-state index contributed by atoms with van der Waals surface area (Å²) in [5.74, 6) is -0.519. The lowest BCUT2D eigenvalue weighted by atomic mass is 10.0. The molecule has 0 unspecified atom stereocenters. The number of anilines is 1. The van der Waals surface area contributed by atoms with Crippen LogP contribution in [0.3, 0.4) is 0 Å². The Morgan fingerprint density at radius 3 is 2.55 bits per heavy atom. The molecule has 7 nitrogen and oxygen atoms in total. The molecule has 3 aromatic carbocycles. The first kappa shape index (κ1) is 20.1. The summed E-state index contributed by atoms with van der Waals surface area (Å²) in [5, 5.41) is 11.6. The average molecular weight is 434 g/mol. The summed E-state index contributed by atoms with van der Waals surface area (Å²) in [5.41, 5.74) is 3.67. The molecule has 0 aliphatic carbocycles. The monoisotopic (exact) mass is 434 g/mol. The van der Waals surface area contributed by atoms with Gasteiger partial charge < -0.3 is 9.84 Å². The second kappa shape index (κ2) is 8.76. The molecular weight excluding hydrogens is 416 g/mol. The predicted molar refractivity (Wildman–Crippen MR) is 126 cm³/mol. The molecule has 33 heavy (non-hydrogen) atoms. The van der Waals surface area contributed by atoms with E-state index >= 15 is 0 Å². The highest BCUT2D eigenvalue weighted by molar-refractivity contribution is 6.11. The molecule has 0 atom stereocenters. The third-order valence-corrected chi connectivity index (χ3v) is 5.15. The van der Waals surface area contributed by atoms with E-state index in [2.05, 4.69) is 15.6 Å². The number of benzene rings is 3. The number of hydrogen-bond acceptors (Lipinski definition) is 5. The number of hydrogen-bond donors (Lipinski definition) is 1. The maximum atomic E-state index is 13.2. The lowest BCUT2D eigenvalue weighted by Crippen LogP contribution is -2.11. The molecule has 2 heterocycles. The van der Waals surface area contributed by atoms with Crippen LogP contribution in [0.15, 0.2) is 96.0 Å². The first-order chi connectivity index (χ1) is 16.2. The Balaban J connectivity index is 1.40. The summed E-state index contributed by atoms with van der Waals surface area (Å²) in [6, 6.07) is 22.2. The van der Waals surface area contributed by atoms with Crippen molar-refractivity contribution in [3.05, 3.63) is 114 Å². The number of carbonyl (C=O) groups excluding carboxylic acids is 2. The van der Waals surface area contributed by atoms with Gasteiger partial charge in [-0.2, -0.15) is 5.10 Å². The molecule has 2 aromatic heterocycles. The van der Waals surface area contributed by atoms with Gasteiger partial charge in [0.2, 0.25) is 0 Å². The van der Waals surface area contributed by atoms with E-state index in [4.69, 9.17) is 4.52 Å². The highest BCUT2D eigenvalue weighted by Crippen LogP contribution is 2.21. The van der Waals surface area contributed by atoms with Crippen LogP contribution < -0.4 is 5.32 Å². The molecule has 160 valence electrons. The largest absolute Gasteiger partial charge is 0.364 e. The zero-order valence-corrected chi connectivity index (χ0v) is 17.4. The minimum atomic E-state index is -0.364. The normalized spacial score (nSPS) is 11.2. The van der Waals surface area contributed by atoms with Gasteiger partial charge >= 0.3 is 0 Å². The van der Waals surface area contributed by atoms with Crippen LogP contribution in [-0.2, 0) is 0 Å². The van der Waals surface area contributed by atoms with Crippen LogP contribution in [0.5, 0.6) is 0 Å². The highest BCUT2D eigenvalue weighted by Gasteiger charge is 2.14. The molecule has 0 aliphatic heterocycles. The summed E-state index contributed by atoms with van der Waals surface area (Å²) in [6.45, 7) is 0. The van der Waals surface area contributed by atoms with Crippen LogP contribution in [0.4, 0.5) is 5.69 Å². The number of ketones is 1. The van der Waals surface area contributed by atoms with Gasteiger partial charge in [-0.05, 0) is 29.8 Å². The number of amides is 1. The van der Waals surface area contributed by atoms with Gasteiger partial charge in [0, 0.05) is 28.4 Å². The molecule has 5 aromatic rings. The Hall–Kier alpha value is -4.78. The molecule has 1 N–H and O–H groups in total. The zero-order chi connectivity index (χ0) is 22.6. The second-order valence-corrected chi connectivity index (χ2v) is 7.37. The Morgan fingerprint density at radius 1 is 0.879 bits per heavy atom. The summed E-state index contributed by atoms with van der Waals surface area (Å²) >= 11 is 0. The zero-order valence-electron chi connectivity index (χ0n) is 17.4. The number of carbonyl (C=O) groups is 2. The van der Waals surface area contributed by atoms with E-state index in [0.29, 0.717) is 22.4 Å². The minimum Gasteiger partial charge on any atom is -0.364 e. The van der Waals surface area contributed by atoms with Crippen LogP contribution in [0.2, 0.25) is 0 Å². The lowest BCUT2D eigenvalue weighted by molar-refractivity contribution is 0.102. The molecule has 1 amide bonds. The number of fused-ring (bicyclic) bond motifs is 1. The topological polar surface area (TPSA) is 90.0 Å². The fourth-order valence-corrected chi connectivity index (χ4v) is 3.44. The van der Waals surface area contributed by atoms with Crippen LogP contribution in [0.1, 0.15) is 31.8 Å². The summed E-state index contributed by atoms with van der Waals surface area (Å²) in [4.78, 5) is 25.4. The van der Waals surface area contributed by atoms with Crippen molar-refractivity contribution in [2.45, 2.75) is 0 Å². The van der Waals surface area contributed by atoms with Crippen LogP contribution in [0, 0.1) is 0 Å². The molecule has 7 heteroatoms. The quantitative estimate of drug-likeness (QED) is 0.374. The molecule has 0 fully saturated rings. The van der Waals surface area contributed by atoms with E-state index in [1.807, 2.05) is 54.7 Å². The van der Waals surface area contributed by atoms with E-state index in [-0.39, 0.29) is 11.7 Å². The van der Waals surface area contributed by atoms with Crippen LogP contribution in [0.25, 0.3) is 23.2 Å². The standard InChI is InChI=1S/C26H18N4O3/c31-25(19-7-4-8-23(13-19)29-26(32)22-16-28-33-17-22)20-9-10-21-15-27-30(24(21)14-20)12-11-18-5-2-1-3-6-18/h1-17H,(H,29,32). The highest BCUT2D eigenvalue weighted by atomic mass is 16.5. The maximum Gasteiger partial charge on any atom is 0.260 e. The van der Waals surface area contributed by atoms with E-state index in [1.165, 1.54) is 12.5 Å². The van der Waals surface area contributed by atoms with Crippen molar-refractivity contribution in [1.29, 1.82) is 0 Å². The number of aromatic nitrogens is 3. The number of nitrogens with zero attached hydrogens (tertiary/aromatic N) is 3.